The molecular weight excluding hydrogens is 94.1 g/mol. The van der Waals surface area contributed by atoms with Crippen molar-refractivity contribution in [1.29, 1.82) is 0 Å². The van der Waals surface area contributed by atoms with Gasteiger partial charge < -0.3 is 0 Å². The van der Waals surface area contributed by atoms with Gasteiger partial charge in [-0.2, -0.15) is 11.1 Å². The van der Waals surface area contributed by atoms with Crippen LogP contribution in [-0.2, 0) is 0 Å². The highest BCUT2D eigenvalue weighted by Crippen LogP contribution is 2.10. The Morgan fingerprint density at radius 1 is 1.83 bits per heavy atom. The van der Waals surface area contributed by atoms with Crippen LogP contribution >= 0.6 is 11.1 Å². The highest BCUT2D eigenvalue weighted by atomic mass is 32.2. The van der Waals surface area contributed by atoms with Crippen molar-refractivity contribution in [3.63, 3.8) is 0 Å². The molecule has 1 atom stereocenters. The monoisotopic (exact) mass is 105 g/mol. The SMILES string of the molecule is C=C[SH](C)NC. The zero-order valence-corrected chi connectivity index (χ0v) is 5.13. The molecule has 0 aromatic carbocycles. The second-order valence-electron chi connectivity index (χ2n) is 1.02. The lowest BCUT2D eigenvalue weighted by molar-refractivity contribution is 1.29. The van der Waals surface area contributed by atoms with Crippen LogP contribution in [-0.4, -0.2) is 13.3 Å². The predicted octanol–water partition coefficient (Wildman–Crippen LogP) is 0.895. The predicted molar refractivity (Wildman–Crippen MR) is 34.2 cm³/mol. The van der Waals surface area contributed by atoms with Crippen LogP contribution in [0.5, 0.6) is 0 Å². The Balaban J connectivity index is 2.96. The van der Waals surface area contributed by atoms with Crippen molar-refractivity contribution in [2.75, 3.05) is 13.3 Å². The van der Waals surface area contributed by atoms with Gasteiger partial charge in [0.15, 0.2) is 0 Å². The molecule has 2 heteroatoms. The summed E-state index contributed by atoms with van der Waals surface area (Å²) in [6.07, 6.45) is 2.11. The molecular formula is C4H11NS. The Hall–Kier alpha value is 0.0500. The third kappa shape index (κ3) is 2.30. The van der Waals surface area contributed by atoms with E-state index < -0.39 is 0 Å². The van der Waals surface area contributed by atoms with E-state index >= 15 is 0 Å². The topological polar surface area (TPSA) is 12.0 Å². The Kier molecular flexibility index (Phi) is 3.28. The first kappa shape index (κ1) is 6.05. The molecule has 0 aliphatic heterocycles. The third-order valence-electron chi connectivity index (χ3n) is 0.627. The molecule has 0 aromatic rings. The van der Waals surface area contributed by atoms with Gasteiger partial charge in [-0.05, 0) is 18.7 Å². The summed E-state index contributed by atoms with van der Waals surface area (Å²) in [4.78, 5) is 0. The van der Waals surface area contributed by atoms with Crippen molar-refractivity contribution in [2.45, 2.75) is 0 Å². The Morgan fingerprint density at radius 3 is 2.33 bits per heavy atom. The number of hydrogen-bond donors (Lipinski definition) is 2. The maximum Gasteiger partial charge on any atom is -0.00706 e. The van der Waals surface area contributed by atoms with E-state index in [-0.39, 0.29) is 11.1 Å². The third-order valence-corrected chi connectivity index (χ3v) is 1.88. The quantitative estimate of drug-likeness (QED) is 0.497. The van der Waals surface area contributed by atoms with Gasteiger partial charge in [-0.1, -0.05) is 6.58 Å². The van der Waals surface area contributed by atoms with Crippen LogP contribution in [0.3, 0.4) is 0 Å². The molecule has 0 saturated carbocycles. The number of rotatable bonds is 2. The summed E-state index contributed by atoms with van der Waals surface area (Å²) >= 11 is -0.0622. The second-order valence-corrected chi connectivity index (χ2v) is 3.05. The van der Waals surface area contributed by atoms with Gasteiger partial charge in [0.2, 0.25) is 0 Å². The highest BCUT2D eigenvalue weighted by molar-refractivity contribution is 8.17. The largest absolute Gasteiger partial charge is 0.283 e. The lowest BCUT2D eigenvalue weighted by Crippen LogP contribution is -1.95. The number of nitrogens with one attached hydrogen (secondary N) is 1. The van der Waals surface area contributed by atoms with E-state index in [1.807, 2.05) is 12.5 Å². The number of thiol groups is 1. The first-order valence-electron chi connectivity index (χ1n) is 1.84. The zero-order chi connectivity index (χ0) is 4.99. The average Bonchev–Trinajstić information content (AvgIpc) is 1.65. The van der Waals surface area contributed by atoms with Crippen LogP contribution in [0.4, 0.5) is 0 Å². The van der Waals surface area contributed by atoms with Gasteiger partial charge in [-0.3, -0.25) is 4.72 Å². The van der Waals surface area contributed by atoms with Crippen LogP contribution in [0.2, 0.25) is 0 Å². The van der Waals surface area contributed by atoms with Crippen molar-refractivity contribution in [2.24, 2.45) is 0 Å². The summed E-state index contributed by atoms with van der Waals surface area (Å²) in [5.74, 6) is 0. The molecule has 1 nitrogen and oxygen atoms in total. The maximum atomic E-state index is 3.60. The molecule has 6 heavy (non-hydrogen) atoms. The van der Waals surface area contributed by atoms with E-state index in [9.17, 15) is 0 Å². The maximum absolute atomic E-state index is 3.60. The fourth-order valence-corrected chi connectivity index (χ4v) is 0.274. The lowest BCUT2D eigenvalue weighted by atomic mass is 11.3. The smallest absolute Gasteiger partial charge is 0.00706 e. The fraction of sp³-hybridized carbons (Fsp3) is 0.500. The Morgan fingerprint density at radius 2 is 2.33 bits per heavy atom. The summed E-state index contributed by atoms with van der Waals surface area (Å²) in [5.41, 5.74) is 0. The van der Waals surface area contributed by atoms with Gasteiger partial charge in [0.1, 0.15) is 0 Å². The van der Waals surface area contributed by atoms with Crippen LogP contribution < -0.4 is 4.72 Å². The van der Waals surface area contributed by atoms with Gasteiger partial charge >= 0.3 is 0 Å². The molecule has 0 bridgehead atoms. The minimum absolute atomic E-state index is 0.0622. The standard InChI is InChI=1S/C4H11NS/c1-4-6(3)5-2/h4-6H,1H2,2-3H3. The van der Waals surface area contributed by atoms with Gasteiger partial charge in [0.05, 0.1) is 0 Å². The van der Waals surface area contributed by atoms with Crippen molar-refractivity contribution >= 4 is 11.1 Å². The molecule has 0 spiro atoms. The molecule has 0 fully saturated rings. The highest BCUT2D eigenvalue weighted by Gasteiger charge is 1.74. The first-order valence-corrected chi connectivity index (χ1v) is 3.70. The molecule has 38 valence electrons. The molecule has 1 N–H and O–H groups in total. The first-order chi connectivity index (χ1) is 2.81. The van der Waals surface area contributed by atoms with Crippen molar-refractivity contribution in [1.82, 2.24) is 4.72 Å². The van der Waals surface area contributed by atoms with Gasteiger partial charge in [-0.15, -0.1) is 0 Å². The summed E-state index contributed by atoms with van der Waals surface area (Å²) < 4.78 is 3.06. The van der Waals surface area contributed by atoms with Crippen molar-refractivity contribution in [3.05, 3.63) is 12.0 Å². The summed E-state index contributed by atoms with van der Waals surface area (Å²) in [7, 11) is 1.94. The minimum atomic E-state index is -0.0622. The normalized spacial score (nSPS) is 16.7. The fourth-order valence-electron chi connectivity index (χ4n) is 0.0913. The van der Waals surface area contributed by atoms with E-state index in [4.69, 9.17) is 0 Å². The molecule has 0 rings (SSSR count). The lowest BCUT2D eigenvalue weighted by Gasteiger charge is -2.04. The van der Waals surface area contributed by atoms with Crippen LogP contribution in [0.25, 0.3) is 0 Å². The second kappa shape index (κ2) is 3.25. The summed E-state index contributed by atoms with van der Waals surface area (Å²) in [5, 5.41) is 1.93. The van der Waals surface area contributed by atoms with Crippen LogP contribution in [0, 0.1) is 0 Å². The van der Waals surface area contributed by atoms with E-state index in [1.165, 1.54) is 0 Å². The van der Waals surface area contributed by atoms with Crippen LogP contribution in [0.15, 0.2) is 12.0 Å². The molecule has 0 saturated heterocycles. The Labute approximate surface area is 41.9 Å². The summed E-state index contributed by atoms with van der Waals surface area (Å²) in [6, 6.07) is 0. The van der Waals surface area contributed by atoms with E-state index in [1.54, 1.807) is 0 Å². The molecule has 1 unspecified atom stereocenters. The molecule has 0 aliphatic carbocycles. The van der Waals surface area contributed by atoms with Gasteiger partial charge in [0.25, 0.3) is 0 Å². The zero-order valence-electron chi connectivity index (χ0n) is 4.23. The molecule has 0 amide bonds. The molecule has 0 radical (unpaired) electrons. The molecule has 0 aromatic heterocycles. The summed E-state index contributed by atoms with van der Waals surface area (Å²) in [6.45, 7) is 3.60. The van der Waals surface area contributed by atoms with Gasteiger partial charge in [-0.25, -0.2) is 0 Å². The van der Waals surface area contributed by atoms with E-state index in [2.05, 4.69) is 17.6 Å². The van der Waals surface area contributed by atoms with Crippen LogP contribution in [0.1, 0.15) is 0 Å². The molecule has 0 aliphatic rings. The molecule has 0 heterocycles. The van der Waals surface area contributed by atoms with Crippen molar-refractivity contribution in [3.8, 4) is 0 Å². The minimum Gasteiger partial charge on any atom is -0.283 e. The average molecular weight is 105 g/mol. The van der Waals surface area contributed by atoms with E-state index in [0.717, 1.165) is 0 Å². The Bertz CT molecular complexity index is 44.8. The van der Waals surface area contributed by atoms with Crippen molar-refractivity contribution < 1.29 is 0 Å². The number of hydrogen-bond acceptors (Lipinski definition) is 1. The van der Waals surface area contributed by atoms with E-state index in [0.29, 0.717) is 0 Å². The van der Waals surface area contributed by atoms with Gasteiger partial charge in [0, 0.05) is 0 Å².